The van der Waals surface area contributed by atoms with Gasteiger partial charge in [0.2, 0.25) is 0 Å². The third-order valence-electron chi connectivity index (χ3n) is 4.44. The maximum Gasteiger partial charge on any atom is 0.338 e. The van der Waals surface area contributed by atoms with Crippen LogP contribution in [0.15, 0.2) is 46.9 Å². The molecule has 0 spiro atoms. The van der Waals surface area contributed by atoms with Gasteiger partial charge in [0.25, 0.3) is 5.91 Å². The van der Waals surface area contributed by atoms with Crippen molar-refractivity contribution in [3.05, 3.63) is 58.1 Å². The van der Waals surface area contributed by atoms with Crippen molar-refractivity contribution in [2.24, 2.45) is 5.92 Å². The molecule has 1 amide bonds. The Morgan fingerprint density at radius 2 is 1.73 bits per heavy atom. The normalized spacial score (nSPS) is 11.3. The second-order valence-corrected chi connectivity index (χ2v) is 9.54. The molecule has 0 bridgehead atoms. The van der Waals surface area contributed by atoms with Gasteiger partial charge in [-0.15, -0.1) is 0 Å². The minimum absolute atomic E-state index is 0.107. The Balaban J connectivity index is 1.91. The van der Waals surface area contributed by atoms with Gasteiger partial charge in [-0.3, -0.25) is 4.79 Å². The van der Waals surface area contributed by atoms with Crippen LogP contribution in [0.2, 0.25) is 0 Å². The number of ether oxygens (including phenoxy) is 2. The lowest BCUT2D eigenvalue weighted by molar-refractivity contribution is -0.118. The summed E-state index contributed by atoms with van der Waals surface area (Å²) in [5, 5.41) is 2.78. The number of hydrogen-bond donors (Lipinski definition) is 1. The van der Waals surface area contributed by atoms with Gasteiger partial charge < -0.3 is 14.8 Å². The van der Waals surface area contributed by atoms with E-state index in [0.717, 1.165) is 16.5 Å². The molecule has 5 nitrogen and oxygen atoms in total. The van der Waals surface area contributed by atoms with Crippen molar-refractivity contribution in [3.63, 3.8) is 0 Å². The Kier molecular flexibility index (Phi) is 8.47. The molecule has 2 aromatic carbocycles. The first-order valence-corrected chi connectivity index (χ1v) is 10.9. The number of amides is 1. The molecular weight excluding hydrogens is 446 g/mol. The van der Waals surface area contributed by atoms with E-state index in [-0.39, 0.29) is 23.9 Å². The average Bonchev–Trinajstić information content (AvgIpc) is 2.66. The van der Waals surface area contributed by atoms with Crippen molar-refractivity contribution in [1.82, 2.24) is 0 Å². The van der Waals surface area contributed by atoms with E-state index in [1.54, 1.807) is 24.3 Å². The largest absolute Gasteiger partial charge is 0.483 e. The van der Waals surface area contributed by atoms with E-state index < -0.39 is 0 Å². The lowest BCUT2D eigenvalue weighted by atomic mass is 9.86. The number of carbonyl (C=O) groups is 2. The highest BCUT2D eigenvalue weighted by Gasteiger charge is 2.20. The number of nitrogens with one attached hydrogen (secondary N) is 1. The van der Waals surface area contributed by atoms with E-state index in [4.69, 9.17) is 9.47 Å². The Morgan fingerprint density at radius 3 is 2.33 bits per heavy atom. The first kappa shape index (κ1) is 23.9. The summed E-state index contributed by atoms with van der Waals surface area (Å²) >= 11 is 3.48. The monoisotopic (exact) mass is 475 g/mol. The number of halogens is 1. The van der Waals surface area contributed by atoms with Crippen LogP contribution in [-0.4, -0.2) is 25.1 Å². The molecule has 2 aromatic rings. The maximum atomic E-state index is 12.3. The summed E-state index contributed by atoms with van der Waals surface area (Å²) in [7, 11) is 0. The first-order valence-electron chi connectivity index (χ1n) is 10.1. The van der Waals surface area contributed by atoms with Crippen molar-refractivity contribution in [2.45, 2.75) is 46.5 Å². The van der Waals surface area contributed by atoms with Crippen LogP contribution in [0.4, 0.5) is 5.69 Å². The highest BCUT2D eigenvalue weighted by molar-refractivity contribution is 9.10. The van der Waals surface area contributed by atoms with Gasteiger partial charge in [-0.25, -0.2) is 4.79 Å². The van der Waals surface area contributed by atoms with Crippen molar-refractivity contribution in [3.8, 4) is 5.75 Å². The van der Waals surface area contributed by atoms with Crippen LogP contribution in [0.1, 0.15) is 57.0 Å². The first-order chi connectivity index (χ1) is 14.1. The lowest BCUT2D eigenvalue weighted by Crippen LogP contribution is -2.22. The number of esters is 1. The van der Waals surface area contributed by atoms with E-state index in [2.05, 4.69) is 55.9 Å². The fourth-order valence-corrected chi connectivity index (χ4v) is 3.08. The smallest absolute Gasteiger partial charge is 0.338 e. The molecule has 0 fully saturated rings. The third kappa shape index (κ3) is 7.48. The number of carbonyl (C=O) groups excluding carboxylic acids is 2. The highest BCUT2D eigenvalue weighted by atomic mass is 79.9. The Bertz CT molecular complexity index is 870. The van der Waals surface area contributed by atoms with Crippen LogP contribution in [0.25, 0.3) is 0 Å². The summed E-state index contributed by atoms with van der Waals surface area (Å²) in [5.74, 6) is 0.529. The van der Waals surface area contributed by atoms with Gasteiger partial charge in [-0.2, -0.15) is 0 Å². The van der Waals surface area contributed by atoms with Crippen LogP contribution in [-0.2, 0) is 14.9 Å². The van der Waals surface area contributed by atoms with Crippen LogP contribution in [0, 0.1) is 5.92 Å². The molecule has 0 aliphatic rings. The van der Waals surface area contributed by atoms with Crippen molar-refractivity contribution >= 4 is 33.5 Å². The van der Waals surface area contributed by atoms with Crippen LogP contribution in [0.3, 0.4) is 0 Å². The zero-order valence-electron chi connectivity index (χ0n) is 18.3. The van der Waals surface area contributed by atoms with Gasteiger partial charge >= 0.3 is 5.97 Å². The molecule has 6 heteroatoms. The van der Waals surface area contributed by atoms with E-state index in [0.29, 0.717) is 29.5 Å². The SMILES string of the molecule is CC(C)CCOC(=O)c1ccc(NC(=O)COc2ccc(Br)cc2C(C)(C)C)cc1. The summed E-state index contributed by atoms with van der Waals surface area (Å²) in [6.07, 6.45) is 0.829. The zero-order valence-corrected chi connectivity index (χ0v) is 19.8. The fraction of sp³-hybridized carbons (Fsp3) is 0.417. The summed E-state index contributed by atoms with van der Waals surface area (Å²) in [6, 6.07) is 12.4. The average molecular weight is 476 g/mol. The van der Waals surface area contributed by atoms with Crippen molar-refractivity contribution < 1.29 is 19.1 Å². The molecule has 0 unspecified atom stereocenters. The minimum Gasteiger partial charge on any atom is -0.483 e. The quantitative estimate of drug-likeness (QED) is 0.477. The van der Waals surface area contributed by atoms with Crippen LogP contribution >= 0.6 is 15.9 Å². The highest BCUT2D eigenvalue weighted by Crippen LogP contribution is 2.33. The van der Waals surface area contributed by atoms with Gasteiger partial charge in [0, 0.05) is 15.7 Å². The second kappa shape index (κ2) is 10.6. The molecule has 0 aliphatic heterocycles. The van der Waals surface area contributed by atoms with Gasteiger partial charge in [-0.05, 0) is 60.2 Å². The Morgan fingerprint density at radius 1 is 1.07 bits per heavy atom. The zero-order chi connectivity index (χ0) is 22.3. The van der Waals surface area contributed by atoms with Crippen molar-refractivity contribution in [1.29, 1.82) is 0 Å². The molecule has 30 heavy (non-hydrogen) atoms. The summed E-state index contributed by atoms with van der Waals surface area (Å²) in [4.78, 5) is 24.3. The second-order valence-electron chi connectivity index (χ2n) is 8.62. The summed E-state index contributed by atoms with van der Waals surface area (Å²) < 4.78 is 12.0. The van der Waals surface area contributed by atoms with Crippen LogP contribution < -0.4 is 10.1 Å². The molecule has 0 radical (unpaired) electrons. The van der Waals surface area contributed by atoms with Gasteiger partial charge in [0.05, 0.1) is 12.2 Å². The third-order valence-corrected chi connectivity index (χ3v) is 4.93. The molecule has 0 aliphatic carbocycles. The summed E-state index contributed by atoms with van der Waals surface area (Å²) in [5.41, 5.74) is 1.95. The Hall–Kier alpha value is -2.34. The van der Waals surface area contributed by atoms with Crippen molar-refractivity contribution in [2.75, 3.05) is 18.5 Å². The molecular formula is C24H30BrNO4. The topological polar surface area (TPSA) is 64.6 Å². The molecule has 0 saturated heterocycles. The van der Waals surface area contributed by atoms with E-state index >= 15 is 0 Å². The van der Waals surface area contributed by atoms with Gasteiger partial charge in [0.1, 0.15) is 5.75 Å². The molecule has 2 rings (SSSR count). The molecule has 1 N–H and O–H groups in total. The maximum absolute atomic E-state index is 12.3. The number of rotatable bonds is 8. The predicted molar refractivity (Wildman–Crippen MR) is 123 cm³/mol. The number of hydrogen-bond acceptors (Lipinski definition) is 4. The lowest BCUT2D eigenvalue weighted by Gasteiger charge is -2.23. The molecule has 0 aromatic heterocycles. The molecule has 162 valence electrons. The van der Waals surface area contributed by atoms with E-state index in [9.17, 15) is 9.59 Å². The molecule has 0 heterocycles. The Labute approximate surface area is 187 Å². The number of anilines is 1. The standard InChI is InChI=1S/C24H30BrNO4/c1-16(2)12-13-29-23(28)17-6-9-19(10-7-17)26-22(27)15-30-21-11-8-18(25)14-20(21)24(3,4)5/h6-11,14,16H,12-13,15H2,1-5H3,(H,26,27). The van der Waals surface area contributed by atoms with Gasteiger partial charge in [-0.1, -0.05) is 50.5 Å². The fourth-order valence-electron chi connectivity index (χ4n) is 2.71. The van der Waals surface area contributed by atoms with Crippen LogP contribution in [0.5, 0.6) is 5.75 Å². The summed E-state index contributed by atoms with van der Waals surface area (Å²) in [6.45, 7) is 10.7. The van der Waals surface area contributed by atoms with E-state index in [1.165, 1.54) is 0 Å². The molecule has 0 atom stereocenters. The predicted octanol–water partition coefficient (Wildman–Crippen LogP) is 5.97. The van der Waals surface area contributed by atoms with E-state index in [1.807, 2.05) is 18.2 Å². The minimum atomic E-state index is -0.359. The molecule has 0 saturated carbocycles. The number of benzene rings is 2. The van der Waals surface area contributed by atoms with Gasteiger partial charge in [0.15, 0.2) is 6.61 Å².